The van der Waals surface area contributed by atoms with Crippen LogP contribution in [0.3, 0.4) is 0 Å². The maximum atomic E-state index is 2.54. The van der Waals surface area contributed by atoms with Crippen LogP contribution in [-0.2, 0) is 5.41 Å². The Balaban J connectivity index is 2.64. The van der Waals surface area contributed by atoms with Crippen molar-refractivity contribution in [2.75, 3.05) is 11.4 Å². The molecule has 0 atom stereocenters. The second kappa shape index (κ2) is 6.73. The van der Waals surface area contributed by atoms with E-state index in [1.807, 2.05) is 0 Å². The summed E-state index contributed by atoms with van der Waals surface area (Å²) in [6, 6.07) is 4.60. The van der Waals surface area contributed by atoms with E-state index in [4.69, 9.17) is 0 Å². The topological polar surface area (TPSA) is 3.24 Å². The van der Waals surface area contributed by atoms with Crippen LogP contribution in [-0.4, -0.2) is 6.54 Å². The van der Waals surface area contributed by atoms with Gasteiger partial charge in [-0.1, -0.05) is 58.4 Å². The number of hydrogen-bond donors (Lipinski definition) is 0. The largest absolute Gasteiger partial charge is 0.344 e. The Bertz CT molecular complexity index is 590. The molecule has 1 heteroatoms. The highest BCUT2D eigenvalue weighted by Gasteiger charge is 2.41. The van der Waals surface area contributed by atoms with Gasteiger partial charge < -0.3 is 4.90 Å². The number of rotatable bonds is 5. The summed E-state index contributed by atoms with van der Waals surface area (Å²) in [5.74, 6) is 0. The van der Waals surface area contributed by atoms with Crippen molar-refractivity contribution in [3.8, 4) is 0 Å². The zero-order chi connectivity index (χ0) is 16.3. The second-order valence-corrected chi connectivity index (χ2v) is 6.80. The number of unbranched alkanes of at least 4 members (excludes halogenated alkanes) is 1. The van der Waals surface area contributed by atoms with Gasteiger partial charge in [-0.3, -0.25) is 0 Å². The SMILES string of the molecule is CC=C1N(CCCC)c2ccc(C)c(/C=C\CC)c2C1(C)C. The predicted octanol–water partition coefficient (Wildman–Crippen LogP) is 6.22. The van der Waals surface area contributed by atoms with Crippen LogP contribution in [0.2, 0.25) is 0 Å². The van der Waals surface area contributed by atoms with Crippen LogP contribution >= 0.6 is 0 Å². The zero-order valence-corrected chi connectivity index (χ0v) is 15.2. The molecule has 1 heterocycles. The molecule has 1 aliphatic heterocycles. The number of allylic oxidation sites excluding steroid dienone is 3. The molecule has 0 amide bonds. The van der Waals surface area contributed by atoms with Gasteiger partial charge in [0.1, 0.15) is 0 Å². The van der Waals surface area contributed by atoms with Gasteiger partial charge in [-0.2, -0.15) is 0 Å². The first-order valence-electron chi connectivity index (χ1n) is 8.73. The van der Waals surface area contributed by atoms with Gasteiger partial charge in [0.2, 0.25) is 0 Å². The van der Waals surface area contributed by atoms with Crippen molar-refractivity contribution in [3.05, 3.63) is 46.7 Å². The number of anilines is 1. The Morgan fingerprint density at radius 1 is 1.18 bits per heavy atom. The van der Waals surface area contributed by atoms with Gasteiger partial charge in [0.05, 0.1) is 0 Å². The smallest absolute Gasteiger partial charge is 0.0456 e. The summed E-state index contributed by atoms with van der Waals surface area (Å²) in [5, 5.41) is 0. The number of aryl methyl sites for hydroxylation is 1. The van der Waals surface area contributed by atoms with Gasteiger partial charge in [0.15, 0.2) is 0 Å². The third-order valence-electron chi connectivity index (χ3n) is 4.82. The number of nitrogens with zero attached hydrogens (tertiary/aromatic N) is 1. The van der Waals surface area contributed by atoms with E-state index < -0.39 is 0 Å². The van der Waals surface area contributed by atoms with Crippen molar-refractivity contribution >= 4 is 11.8 Å². The zero-order valence-electron chi connectivity index (χ0n) is 15.2. The Labute approximate surface area is 136 Å². The lowest BCUT2D eigenvalue weighted by Crippen LogP contribution is -2.27. The molecule has 1 nitrogen and oxygen atoms in total. The van der Waals surface area contributed by atoms with Crippen LogP contribution in [0.1, 0.15) is 70.6 Å². The highest BCUT2D eigenvalue weighted by atomic mass is 15.2. The average molecular weight is 297 g/mol. The van der Waals surface area contributed by atoms with Crippen molar-refractivity contribution in [1.29, 1.82) is 0 Å². The molecule has 0 aromatic heterocycles. The van der Waals surface area contributed by atoms with Crippen LogP contribution in [0.4, 0.5) is 5.69 Å². The maximum Gasteiger partial charge on any atom is 0.0456 e. The van der Waals surface area contributed by atoms with Crippen molar-refractivity contribution in [2.24, 2.45) is 0 Å². The molecule has 1 aliphatic rings. The molecule has 1 aromatic carbocycles. The molecule has 0 aliphatic carbocycles. The van der Waals surface area contributed by atoms with E-state index in [-0.39, 0.29) is 5.41 Å². The lowest BCUT2D eigenvalue weighted by molar-refractivity contribution is 0.621. The Morgan fingerprint density at radius 3 is 2.50 bits per heavy atom. The minimum atomic E-state index is 0.0806. The first kappa shape index (κ1) is 16.9. The summed E-state index contributed by atoms with van der Waals surface area (Å²) < 4.78 is 0. The van der Waals surface area contributed by atoms with E-state index in [1.165, 1.54) is 40.9 Å². The number of benzene rings is 1. The Kier molecular flexibility index (Phi) is 5.16. The van der Waals surface area contributed by atoms with E-state index >= 15 is 0 Å². The van der Waals surface area contributed by atoms with Gasteiger partial charge >= 0.3 is 0 Å². The molecule has 0 spiro atoms. The van der Waals surface area contributed by atoms with Gasteiger partial charge in [0.25, 0.3) is 0 Å². The monoisotopic (exact) mass is 297 g/mol. The van der Waals surface area contributed by atoms with Gasteiger partial charge in [-0.15, -0.1) is 0 Å². The van der Waals surface area contributed by atoms with Crippen molar-refractivity contribution in [1.82, 2.24) is 0 Å². The third-order valence-corrected chi connectivity index (χ3v) is 4.82. The minimum Gasteiger partial charge on any atom is -0.344 e. The first-order valence-corrected chi connectivity index (χ1v) is 8.73. The van der Waals surface area contributed by atoms with E-state index in [0.29, 0.717) is 0 Å². The van der Waals surface area contributed by atoms with Crippen LogP contribution in [0.5, 0.6) is 0 Å². The normalized spacial score (nSPS) is 18.5. The molecule has 22 heavy (non-hydrogen) atoms. The molecule has 0 saturated heterocycles. The molecule has 0 saturated carbocycles. The minimum absolute atomic E-state index is 0.0806. The van der Waals surface area contributed by atoms with Gasteiger partial charge in [-0.25, -0.2) is 0 Å². The molecule has 0 radical (unpaired) electrons. The molecular formula is C21H31N. The maximum absolute atomic E-state index is 2.54. The molecule has 2 rings (SSSR count). The predicted molar refractivity (Wildman–Crippen MR) is 99.5 cm³/mol. The van der Waals surface area contributed by atoms with Crippen molar-refractivity contribution < 1.29 is 0 Å². The molecule has 0 N–H and O–H groups in total. The molecule has 1 aromatic rings. The number of fused-ring (bicyclic) bond motifs is 1. The molecule has 0 unspecified atom stereocenters. The van der Waals surface area contributed by atoms with Crippen molar-refractivity contribution in [3.63, 3.8) is 0 Å². The van der Waals surface area contributed by atoms with Gasteiger partial charge in [0, 0.05) is 23.3 Å². The number of hydrogen-bond acceptors (Lipinski definition) is 1. The molecule has 120 valence electrons. The quantitative estimate of drug-likeness (QED) is 0.623. The molecule has 0 bridgehead atoms. The fraction of sp³-hybridized carbons (Fsp3) is 0.524. The summed E-state index contributed by atoms with van der Waals surface area (Å²) in [7, 11) is 0. The summed E-state index contributed by atoms with van der Waals surface area (Å²) in [4.78, 5) is 2.54. The summed E-state index contributed by atoms with van der Waals surface area (Å²) in [6.07, 6.45) is 10.5. The lowest BCUT2D eigenvalue weighted by Gasteiger charge is -2.27. The second-order valence-electron chi connectivity index (χ2n) is 6.80. The molecular weight excluding hydrogens is 266 g/mol. The van der Waals surface area contributed by atoms with E-state index in [2.05, 4.69) is 76.8 Å². The fourth-order valence-electron chi connectivity index (χ4n) is 3.71. The summed E-state index contributed by atoms with van der Waals surface area (Å²) in [5.41, 5.74) is 7.24. The van der Waals surface area contributed by atoms with Crippen molar-refractivity contribution in [2.45, 2.75) is 66.2 Å². The third kappa shape index (κ3) is 2.74. The highest BCUT2D eigenvalue weighted by Crippen LogP contribution is 2.50. The Morgan fingerprint density at radius 2 is 1.91 bits per heavy atom. The highest BCUT2D eigenvalue weighted by molar-refractivity contribution is 5.78. The van der Waals surface area contributed by atoms with E-state index in [1.54, 1.807) is 0 Å². The van der Waals surface area contributed by atoms with Crippen LogP contribution in [0.25, 0.3) is 6.08 Å². The van der Waals surface area contributed by atoms with Crippen LogP contribution in [0, 0.1) is 6.92 Å². The summed E-state index contributed by atoms with van der Waals surface area (Å²) >= 11 is 0. The average Bonchev–Trinajstić information content (AvgIpc) is 2.71. The van der Waals surface area contributed by atoms with Crippen LogP contribution in [0.15, 0.2) is 30.0 Å². The van der Waals surface area contributed by atoms with E-state index in [9.17, 15) is 0 Å². The van der Waals surface area contributed by atoms with Crippen LogP contribution < -0.4 is 4.90 Å². The summed E-state index contributed by atoms with van der Waals surface area (Å²) in [6.45, 7) is 14.7. The van der Waals surface area contributed by atoms with Gasteiger partial charge in [-0.05, 0) is 49.4 Å². The molecule has 0 fully saturated rings. The lowest BCUT2D eigenvalue weighted by atomic mass is 9.80. The fourth-order valence-corrected chi connectivity index (χ4v) is 3.71. The standard InChI is InChI=1S/C21H31N/c1-7-10-12-17-16(4)13-14-18-20(17)21(5,6)19(9-3)22(18)15-11-8-2/h9-10,12-14H,7-8,11,15H2,1-6H3/b12-10-,19-9?. The first-order chi connectivity index (χ1) is 10.5. The Hall–Kier alpha value is -1.50. The van der Waals surface area contributed by atoms with E-state index in [0.717, 1.165) is 13.0 Å².